The highest BCUT2D eigenvalue weighted by Gasteiger charge is 2.37. The average molecular weight is 414 g/mol. The fourth-order valence-electron chi connectivity index (χ4n) is 4.50. The molecule has 2 amide bonds. The highest BCUT2D eigenvalue weighted by atomic mass is 16.2. The normalized spacial score (nSPS) is 22.8. The molecule has 0 saturated carbocycles. The number of hydrogen-bond donors (Lipinski definition) is 2. The predicted molar refractivity (Wildman–Crippen MR) is 115 cm³/mol. The standard InChI is InChI=1S/C23H33N4O3/c24-13-5-4-11-20(23(30)27-15-6-10-19(27)17-28)25-22(29)21-12-7-14-26(21)16-18-8-2-1-3-9-18/h1-3,8-9,19-21H,4-7,10-16,24H2,(H,25,29)/t19-,20-,21-/m0/s1. The van der Waals surface area contributed by atoms with E-state index >= 15 is 0 Å². The lowest BCUT2D eigenvalue weighted by Crippen LogP contribution is -2.54. The van der Waals surface area contributed by atoms with Crippen molar-refractivity contribution in [3.8, 4) is 0 Å². The van der Waals surface area contributed by atoms with Crippen LogP contribution in [-0.4, -0.2) is 65.7 Å². The molecule has 3 rings (SSSR count). The van der Waals surface area contributed by atoms with Crippen molar-refractivity contribution >= 4 is 18.1 Å². The zero-order valence-corrected chi connectivity index (χ0v) is 17.6. The van der Waals surface area contributed by atoms with Crippen molar-refractivity contribution in [2.24, 2.45) is 5.73 Å². The van der Waals surface area contributed by atoms with E-state index in [0.717, 1.165) is 45.2 Å². The molecule has 1 radical (unpaired) electrons. The molecule has 0 unspecified atom stereocenters. The van der Waals surface area contributed by atoms with E-state index in [1.807, 2.05) is 24.5 Å². The third kappa shape index (κ3) is 5.67. The van der Waals surface area contributed by atoms with Crippen LogP contribution in [0.4, 0.5) is 0 Å². The van der Waals surface area contributed by atoms with Crippen molar-refractivity contribution in [1.82, 2.24) is 15.1 Å². The van der Waals surface area contributed by atoms with Gasteiger partial charge in [0.15, 0.2) is 0 Å². The Hall–Kier alpha value is -2.25. The van der Waals surface area contributed by atoms with Gasteiger partial charge in [-0.05, 0) is 63.6 Å². The first-order chi connectivity index (χ1) is 14.6. The summed E-state index contributed by atoms with van der Waals surface area (Å²) >= 11 is 0. The van der Waals surface area contributed by atoms with Crippen molar-refractivity contribution < 1.29 is 14.4 Å². The Bertz CT molecular complexity index is 712. The van der Waals surface area contributed by atoms with E-state index in [1.54, 1.807) is 4.90 Å². The Morgan fingerprint density at radius 3 is 2.63 bits per heavy atom. The fraction of sp³-hybridized carbons (Fsp3) is 0.609. The number of likely N-dealkylation sites (tertiary alicyclic amines) is 2. The summed E-state index contributed by atoms with van der Waals surface area (Å²) in [6, 6.07) is 8.78. The lowest BCUT2D eigenvalue weighted by molar-refractivity contribution is -0.137. The van der Waals surface area contributed by atoms with Gasteiger partial charge in [-0.3, -0.25) is 19.3 Å². The molecule has 3 atom stereocenters. The van der Waals surface area contributed by atoms with Crippen LogP contribution >= 0.6 is 0 Å². The SMILES string of the molecule is NCCCC[C@H](NC(=O)[C@@H]1CCCN1Cc1ccccc1)C(=O)N1CCC[C@H]1[C]=O. The van der Waals surface area contributed by atoms with Crippen LogP contribution in [0.1, 0.15) is 50.5 Å². The van der Waals surface area contributed by atoms with Gasteiger partial charge in [0.05, 0.1) is 12.1 Å². The van der Waals surface area contributed by atoms with Crippen LogP contribution in [0.15, 0.2) is 30.3 Å². The molecule has 2 saturated heterocycles. The summed E-state index contributed by atoms with van der Waals surface area (Å²) in [5.74, 6) is -0.265. The molecule has 7 heteroatoms. The van der Waals surface area contributed by atoms with Gasteiger partial charge in [0.25, 0.3) is 0 Å². The second-order valence-electron chi connectivity index (χ2n) is 8.27. The highest BCUT2D eigenvalue weighted by molar-refractivity contribution is 5.91. The Labute approximate surface area is 179 Å². The Morgan fingerprint density at radius 1 is 1.13 bits per heavy atom. The largest absolute Gasteiger partial charge is 0.343 e. The third-order valence-corrected chi connectivity index (χ3v) is 6.13. The lowest BCUT2D eigenvalue weighted by Gasteiger charge is -2.29. The number of nitrogens with one attached hydrogen (secondary N) is 1. The number of amides is 2. The van der Waals surface area contributed by atoms with Gasteiger partial charge in [-0.2, -0.15) is 0 Å². The maximum absolute atomic E-state index is 13.1. The van der Waals surface area contributed by atoms with Crippen molar-refractivity contribution in [3.05, 3.63) is 35.9 Å². The van der Waals surface area contributed by atoms with Crippen LogP contribution in [0.25, 0.3) is 0 Å². The van der Waals surface area contributed by atoms with Crippen molar-refractivity contribution in [3.63, 3.8) is 0 Å². The summed E-state index contributed by atoms with van der Waals surface area (Å²) < 4.78 is 0. The van der Waals surface area contributed by atoms with Crippen LogP contribution in [-0.2, 0) is 20.9 Å². The predicted octanol–water partition coefficient (Wildman–Crippen LogP) is 1.37. The average Bonchev–Trinajstić information content (AvgIpc) is 3.42. The molecule has 0 aromatic heterocycles. The van der Waals surface area contributed by atoms with E-state index in [4.69, 9.17) is 5.73 Å². The first kappa shape index (κ1) is 22.4. The molecule has 3 N–H and O–H groups in total. The molecule has 163 valence electrons. The second-order valence-corrected chi connectivity index (χ2v) is 8.27. The van der Waals surface area contributed by atoms with Crippen LogP contribution in [0.2, 0.25) is 0 Å². The van der Waals surface area contributed by atoms with E-state index in [1.165, 1.54) is 5.56 Å². The minimum Gasteiger partial charge on any atom is -0.343 e. The number of rotatable bonds is 10. The number of unbranched alkanes of at least 4 members (excludes halogenated alkanes) is 1. The molecule has 30 heavy (non-hydrogen) atoms. The molecule has 2 fully saturated rings. The van der Waals surface area contributed by atoms with E-state index in [9.17, 15) is 14.4 Å². The monoisotopic (exact) mass is 413 g/mol. The van der Waals surface area contributed by atoms with E-state index in [0.29, 0.717) is 25.9 Å². The number of nitrogens with zero attached hydrogens (tertiary/aromatic N) is 2. The molecule has 2 heterocycles. The second kappa shape index (κ2) is 11.2. The number of carbonyl (C=O) groups is 2. The number of hydrogen-bond acceptors (Lipinski definition) is 5. The quantitative estimate of drug-likeness (QED) is 0.565. The Morgan fingerprint density at radius 2 is 1.90 bits per heavy atom. The zero-order valence-electron chi connectivity index (χ0n) is 17.6. The summed E-state index contributed by atoms with van der Waals surface area (Å²) in [5.41, 5.74) is 6.78. The van der Waals surface area contributed by atoms with Gasteiger partial charge >= 0.3 is 0 Å². The molecule has 7 nitrogen and oxygen atoms in total. The van der Waals surface area contributed by atoms with Crippen LogP contribution in [0.5, 0.6) is 0 Å². The van der Waals surface area contributed by atoms with Gasteiger partial charge in [-0.15, -0.1) is 0 Å². The smallest absolute Gasteiger partial charge is 0.245 e. The molecule has 0 bridgehead atoms. The van der Waals surface area contributed by atoms with Gasteiger partial charge < -0.3 is 16.0 Å². The maximum Gasteiger partial charge on any atom is 0.245 e. The van der Waals surface area contributed by atoms with Gasteiger partial charge in [0.2, 0.25) is 18.1 Å². The van der Waals surface area contributed by atoms with Crippen molar-refractivity contribution in [2.75, 3.05) is 19.6 Å². The first-order valence-corrected chi connectivity index (χ1v) is 11.1. The van der Waals surface area contributed by atoms with Crippen LogP contribution in [0, 0.1) is 0 Å². The van der Waals surface area contributed by atoms with Crippen molar-refractivity contribution in [2.45, 2.75) is 69.6 Å². The van der Waals surface area contributed by atoms with Gasteiger partial charge in [0.1, 0.15) is 6.04 Å². The molecule has 0 spiro atoms. The Balaban J connectivity index is 1.65. The van der Waals surface area contributed by atoms with Gasteiger partial charge in [0, 0.05) is 13.1 Å². The number of benzene rings is 1. The summed E-state index contributed by atoms with van der Waals surface area (Å²) in [7, 11) is 0. The summed E-state index contributed by atoms with van der Waals surface area (Å²) in [6.07, 6.45) is 7.26. The van der Waals surface area contributed by atoms with Crippen molar-refractivity contribution in [1.29, 1.82) is 0 Å². The molecular weight excluding hydrogens is 380 g/mol. The third-order valence-electron chi connectivity index (χ3n) is 6.13. The maximum atomic E-state index is 13.1. The summed E-state index contributed by atoms with van der Waals surface area (Å²) in [6.45, 7) is 2.69. The Kier molecular flexibility index (Phi) is 8.39. The van der Waals surface area contributed by atoms with E-state index < -0.39 is 12.1 Å². The van der Waals surface area contributed by atoms with Gasteiger partial charge in [-0.1, -0.05) is 30.3 Å². The molecule has 2 aliphatic rings. The fourth-order valence-corrected chi connectivity index (χ4v) is 4.50. The van der Waals surface area contributed by atoms with E-state index in [2.05, 4.69) is 22.3 Å². The molecule has 0 aliphatic carbocycles. The molecule has 1 aromatic rings. The molecular formula is C23H33N4O3. The lowest BCUT2D eigenvalue weighted by atomic mass is 10.1. The topological polar surface area (TPSA) is 95.7 Å². The molecule has 1 aromatic carbocycles. The minimum atomic E-state index is -0.614. The highest BCUT2D eigenvalue weighted by Crippen LogP contribution is 2.22. The van der Waals surface area contributed by atoms with E-state index in [-0.39, 0.29) is 17.9 Å². The minimum absolute atomic E-state index is 0.0969. The number of nitrogens with two attached hydrogens (primary N) is 1. The van der Waals surface area contributed by atoms with Crippen LogP contribution in [0.3, 0.4) is 0 Å². The summed E-state index contributed by atoms with van der Waals surface area (Å²) in [5, 5.41) is 3.01. The summed E-state index contributed by atoms with van der Waals surface area (Å²) in [4.78, 5) is 41.2. The van der Waals surface area contributed by atoms with Gasteiger partial charge in [-0.25, -0.2) is 0 Å². The molecule has 2 aliphatic heterocycles. The first-order valence-electron chi connectivity index (χ1n) is 11.1. The van der Waals surface area contributed by atoms with Crippen LogP contribution < -0.4 is 11.1 Å². The number of carbonyl (C=O) groups excluding carboxylic acids is 3. The zero-order chi connectivity index (χ0) is 21.3.